The minimum Gasteiger partial charge on any atom is -0.497 e. The normalized spacial score (nSPS) is 8.19. The average Bonchev–Trinajstić information content (AvgIpc) is 3.00. The number of benzene rings is 2. The van der Waals surface area contributed by atoms with Crippen molar-refractivity contribution in [3.63, 3.8) is 0 Å². The number of aliphatic hydroxyl groups is 1. The Morgan fingerprint density at radius 2 is 1.38 bits per heavy atom. The number of methoxy groups -OCH3 is 3. The first-order chi connectivity index (χ1) is 18.0. The molecule has 0 spiro atoms. The number of carbonyl (C=O) groups is 1. The van der Waals surface area contributed by atoms with Gasteiger partial charge in [0.05, 0.1) is 21.3 Å². The summed E-state index contributed by atoms with van der Waals surface area (Å²) in [5.74, 6) is 2.67. The second-order valence-corrected chi connectivity index (χ2v) is 7.16. The van der Waals surface area contributed by atoms with Gasteiger partial charge in [0.2, 0.25) is 0 Å². The van der Waals surface area contributed by atoms with Crippen molar-refractivity contribution < 1.29 is 24.1 Å². The fourth-order valence-corrected chi connectivity index (χ4v) is 2.62. The van der Waals surface area contributed by atoms with Gasteiger partial charge in [-0.2, -0.15) is 0 Å². The summed E-state index contributed by atoms with van der Waals surface area (Å²) >= 11 is 1.73. The maximum absolute atomic E-state index is 9.17. The molecule has 0 aliphatic rings. The van der Waals surface area contributed by atoms with Crippen molar-refractivity contribution in [2.45, 2.75) is 39.0 Å². The second kappa shape index (κ2) is 29.0. The van der Waals surface area contributed by atoms with Crippen LogP contribution in [0.15, 0.2) is 71.9 Å². The van der Waals surface area contributed by atoms with Crippen molar-refractivity contribution in [2.24, 2.45) is 0 Å². The van der Waals surface area contributed by atoms with E-state index in [2.05, 4.69) is 16.6 Å². The molecular formula is C29H46N2O5S. The summed E-state index contributed by atoms with van der Waals surface area (Å²) < 4.78 is 15.1. The molecule has 1 heterocycles. The number of nitrogens with one attached hydrogen (secondary N) is 1. The maximum Gasteiger partial charge on any atom is 0.122 e. The van der Waals surface area contributed by atoms with E-state index in [0.717, 1.165) is 41.9 Å². The SMILES string of the molecule is CC.CCC=O.CNc1ccncc1.CO.COc1ccc(OC)c(C)c1.COc1ccc(SC)cc1. The summed E-state index contributed by atoms with van der Waals surface area (Å²) in [6, 6.07) is 17.6. The Kier molecular flexibility index (Phi) is 30.0. The van der Waals surface area contributed by atoms with Gasteiger partial charge >= 0.3 is 0 Å². The van der Waals surface area contributed by atoms with Crippen LogP contribution in [0, 0.1) is 6.92 Å². The van der Waals surface area contributed by atoms with E-state index in [-0.39, 0.29) is 0 Å². The predicted molar refractivity (Wildman–Crippen MR) is 159 cm³/mol. The van der Waals surface area contributed by atoms with E-state index >= 15 is 0 Å². The smallest absolute Gasteiger partial charge is 0.122 e. The highest BCUT2D eigenvalue weighted by atomic mass is 32.2. The minimum absolute atomic E-state index is 0.639. The first-order valence-electron chi connectivity index (χ1n) is 11.8. The van der Waals surface area contributed by atoms with E-state index in [0.29, 0.717) is 6.42 Å². The lowest BCUT2D eigenvalue weighted by Gasteiger charge is -2.05. The van der Waals surface area contributed by atoms with Crippen molar-refractivity contribution >= 4 is 23.7 Å². The molecule has 0 saturated heterocycles. The van der Waals surface area contributed by atoms with Crippen LogP contribution in [-0.4, -0.2) is 58.1 Å². The van der Waals surface area contributed by atoms with Crippen LogP contribution in [0.25, 0.3) is 0 Å². The van der Waals surface area contributed by atoms with Crippen molar-refractivity contribution in [3.05, 3.63) is 72.6 Å². The Hall–Kier alpha value is -3.23. The topological polar surface area (TPSA) is 89.9 Å². The highest BCUT2D eigenvalue weighted by Gasteiger charge is 1.98. The number of hydrogen-bond donors (Lipinski definition) is 2. The molecule has 3 rings (SSSR count). The summed E-state index contributed by atoms with van der Waals surface area (Å²) in [5, 5.41) is 9.99. The van der Waals surface area contributed by atoms with Gasteiger partial charge in [-0.15, -0.1) is 11.8 Å². The van der Waals surface area contributed by atoms with Gasteiger partial charge in [-0.25, -0.2) is 0 Å². The Morgan fingerprint density at radius 1 is 0.892 bits per heavy atom. The van der Waals surface area contributed by atoms with Gasteiger partial charge in [-0.05, 0) is 73.3 Å². The molecule has 7 nitrogen and oxygen atoms in total. The van der Waals surface area contributed by atoms with Crippen molar-refractivity contribution in [1.29, 1.82) is 0 Å². The van der Waals surface area contributed by atoms with E-state index in [4.69, 9.17) is 19.3 Å². The largest absolute Gasteiger partial charge is 0.497 e. The highest BCUT2D eigenvalue weighted by molar-refractivity contribution is 7.98. The summed E-state index contributed by atoms with van der Waals surface area (Å²) in [4.78, 5) is 14.3. The van der Waals surface area contributed by atoms with Gasteiger partial charge in [-0.1, -0.05) is 20.8 Å². The summed E-state index contributed by atoms with van der Waals surface area (Å²) in [6.07, 6.45) is 7.08. The zero-order valence-corrected chi connectivity index (χ0v) is 24.9. The lowest BCUT2D eigenvalue weighted by molar-refractivity contribution is -0.107. The molecule has 0 aliphatic carbocycles. The number of pyridine rings is 1. The van der Waals surface area contributed by atoms with Gasteiger partial charge in [0.15, 0.2) is 0 Å². The Labute approximate surface area is 228 Å². The third kappa shape index (κ3) is 20.6. The van der Waals surface area contributed by atoms with Crippen LogP contribution in [0.2, 0.25) is 0 Å². The molecule has 2 N–H and O–H groups in total. The first kappa shape index (κ1) is 38.3. The van der Waals surface area contributed by atoms with Gasteiger partial charge in [0.1, 0.15) is 23.5 Å². The van der Waals surface area contributed by atoms with Crippen LogP contribution in [0.5, 0.6) is 17.2 Å². The number of carbonyl (C=O) groups excluding carboxylic acids is 1. The number of hydrogen-bond acceptors (Lipinski definition) is 8. The highest BCUT2D eigenvalue weighted by Crippen LogP contribution is 2.22. The Balaban J connectivity index is -0.000000414. The fourth-order valence-electron chi connectivity index (χ4n) is 2.21. The molecular weight excluding hydrogens is 488 g/mol. The number of thioether (sulfide) groups is 1. The van der Waals surface area contributed by atoms with E-state index in [1.54, 1.807) is 45.5 Å². The second-order valence-electron chi connectivity index (χ2n) is 6.28. The molecule has 0 amide bonds. The van der Waals surface area contributed by atoms with Crippen LogP contribution < -0.4 is 19.5 Å². The summed E-state index contributed by atoms with van der Waals surface area (Å²) in [7, 11) is 7.87. The molecule has 0 radical (unpaired) electrons. The van der Waals surface area contributed by atoms with Crippen molar-refractivity contribution in [2.75, 3.05) is 47.1 Å². The van der Waals surface area contributed by atoms with Crippen LogP contribution in [0.1, 0.15) is 32.8 Å². The first-order valence-corrected chi connectivity index (χ1v) is 13.0. The summed E-state index contributed by atoms with van der Waals surface area (Å²) in [6.45, 7) is 7.80. The lowest BCUT2D eigenvalue weighted by atomic mass is 10.2. The Bertz CT molecular complexity index is 856. The molecule has 8 heteroatoms. The van der Waals surface area contributed by atoms with E-state index < -0.39 is 0 Å². The number of aromatic nitrogens is 1. The number of anilines is 1. The number of aliphatic hydroxyl groups excluding tert-OH is 1. The standard InChI is InChI=1S/C9H12O2.C8H10OS.C6H8N2.C3H6O.C2H6.CH4O/c1-7-6-8(10-2)4-5-9(7)11-3;1-9-7-3-5-8(10-2)6-4-7;1-7-6-2-4-8-5-3-6;1-2-3-4;2*1-2/h4-6H,1-3H3;3-6H,1-2H3;2-5H,1H3,(H,7,8);3H,2H2,1H3;1-2H3;2H,1H3. The molecule has 0 bridgehead atoms. The van der Waals surface area contributed by atoms with Crippen molar-refractivity contribution in [1.82, 2.24) is 4.98 Å². The zero-order chi connectivity index (χ0) is 28.9. The van der Waals surface area contributed by atoms with E-state index in [9.17, 15) is 4.79 Å². The minimum atomic E-state index is 0.639. The predicted octanol–water partition coefficient (Wildman–Crippen LogP) is 6.78. The number of ether oxygens (including phenoxy) is 3. The number of aryl methyl sites for hydroxylation is 1. The number of nitrogens with zero attached hydrogens (tertiary/aromatic N) is 1. The summed E-state index contributed by atoms with van der Waals surface area (Å²) in [5.41, 5.74) is 2.19. The van der Waals surface area contributed by atoms with Gasteiger partial charge in [0.25, 0.3) is 0 Å². The van der Waals surface area contributed by atoms with E-state index in [1.807, 2.05) is 89.3 Å². The molecule has 0 unspecified atom stereocenters. The molecule has 0 atom stereocenters. The van der Waals surface area contributed by atoms with Crippen molar-refractivity contribution in [3.8, 4) is 17.2 Å². The fraction of sp³-hybridized carbons (Fsp3) is 0.379. The maximum atomic E-state index is 9.17. The number of rotatable bonds is 6. The molecule has 1 aromatic heterocycles. The molecule has 0 aliphatic heterocycles. The quantitative estimate of drug-likeness (QED) is 0.264. The van der Waals surface area contributed by atoms with Gasteiger partial charge in [-0.3, -0.25) is 4.98 Å². The van der Waals surface area contributed by atoms with Crippen LogP contribution in [0.4, 0.5) is 5.69 Å². The molecule has 3 aromatic rings. The van der Waals surface area contributed by atoms with Crippen LogP contribution >= 0.6 is 11.8 Å². The zero-order valence-electron chi connectivity index (χ0n) is 24.1. The van der Waals surface area contributed by atoms with E-state index in [1.165, 1.54) is 4.90 Å². The van der Waals surface area contributed by atoms with Gasteiger partial charge in [0, 0.05) is 43.6 Å². The molecule has 0 saturated carbocycles. The third-order valence-electron chi connectivity index (χ3n) is 4.03. The average molecular weight is 535 g/mol. The molecule has 2 aromatic carbocycles. The molecule has 208 valence electrons. The third-order valence-corrected chi connectivity index (χ3v) is 4.78. The number of aldehydes is 1. The molecule has 0 fully saturated rings. The lowest BCUT2D eigenvalue weighted by Crippen LogP contribution is -1.88. The van der Waals surface area contributed by atoms with Crippen LogP contribution in [0.3, 0.4) is 0 Å². The van der Waals surface area contributed by atoms with Crippen LogP contribution in [-0.2, 0) is 4.79 Å². The molecule has 37 heavy (non-hydrogen) atoms. The Morgan fingerprint density at radius 3 is 1.70 bits per heavy atom. The monoisotopic (exact) mass is 534 g/mol. The van der Waals surface area contributed by atoms with Gasteiger partial charge < -0.3 is 29.4 Å².